The van der Waals surface area contributed by atoms with E-state index in [-0.39, 0.29) is 11.3 Å². The number of thiophene rings is 1. The molecule has 2 aliphatic rings. The van der Waals surface area contributed by atoms with Crippen LogP contribution >= 0.6 is 11.3 Å². The molecule has 1 N–H and O–H groups in total. The minimum Gasteiger partial charge on any atom is -0.355 e. The molecule has 2 aromatic rings. The van der Waals surface area contributed by atoms with Crippen LogP contribution < -0.4 is 9.62 Å². The number of fused-ring (bicyclic) bond motifs is 1. The lowest BCUT2D eigenvalue weighted by Gasteiger charge is -2.19. The molecule has 1 saturated heterocycles. The van der Waals surface area contributed by atoms with Crippen LogP contribution in [0.2, 0.25) is 0 Å². The Kier molecular flexibility index (Phi) is 3.78. The van der Waals surface area contributed by atoms with E-state index in [1.54, 1.807) is 11.3 Å². The first-order chi connectivity index (χ1) is 11.1. The van der Waals surface area contributed by atoms with Gasteiger partial charge in [-0.25, -0.2) is 23.1 Å². The van der Waals surface area contributed by atoms with Gasteiger partial charge in [-0.05, 0) is 30.7 Å². The van der Waals surface area contributed by atoms with E-state index in [4.69, 9.17) is 0 Å². The number of nitrogens with one attached hydrogen (secondary N) is 1. The fourth-order valence-corrected chi connectivity index (χ4v) is 5.45. The highest BCUT2D eigenvalue weighted by molar-refractivity contribution is 7.90. The molecule has 23 heavy (non-hydrogen) atoms. The van der Waals surface area contributed by atoms with Gasteiger partial charge in [0.25, 0.3) is 0 Å². The lowest BCUT2D eigenvalue weighted by molar-refractivity contribution is 0.568. The first kappa shape index (κ1) is 15.3. The molecule has 1 aliphatic heterocycles. The highest BCUT2D eigenvalue weighted by Gasteiger charge is 2.37. The number of hydrogen-bond acceptors (Lipinski definition) is 6. The first-order valence-electron chi connectivity index (χ1n) is 8.07. The van der Waals surface area contributed by atoms with Gasteiger partial charge >= 0.3 is 0 Å². The van der Waals surface area contributed by atoms with Crippen LogP contribution in [0, 0.1) is 0 Å². The van der Waals surface area contributed by atoms with Gasteiger partial charge in [0, 0.05) is 25.6 Å². The lowest BCUT2D eigenvalue weighted by Crippen LogP contribution is -2.37. The molecule has 0 radical (unpaired) electrons. The maximum atomic E-state index is 12.4. The molecule has 124 valence electrons. The molecule has 1 aliphatic carbocycles. The Balaban J connectivity index is 1.61. The third kappa shape index (κ3) is 2.95. The summed E-state index contributed by atoms with van der Waals surface area (Å²) < 4.78 is 27.7. The largest absolute Gasteiger partial charge is 0.355 e. The second-order valence-corrected chi connectivity index (χ2v) is 9.14. The molecule has 0 aromatic carbocycles. The predicted molar refractivity (Wildman–Crippen MR) is 92.5 cm³/mol. The van der Waals surface area contributed by atoms with E-state index in [0.717, 1.165) is 47.7 Å². The molecule has 0 amide bonds. The number of sulfonamides is 1. The minimum absolute atomic E-state index is 0.170. The zero-order valence-corrected chi connectivity index (χ0v) is 14.7. The highest BCUT2D eigenvalue weighted by Crippen LogP contribution is 2.31. The average Bonchev–Trinajstić information content (AvgIpc) is 3.05. The number of hydrogen-bond donors (Lipinski definition) is 1. The molecule has 1 saturated carbocycles. The van der Waals surface area contributed by atoms with Gasteiger partial charge in [0.05, 0.1) is 10.6 Å². The van der Waals surface area contributed by atoms with Crippen LogP contribution in [0.3, 0.4) is 0 Å². The van der Waals surface area contributed by atoms with Gasteiger partial charge in [-0.2, -0.15) is 0 Å². The van der Waals surface area contributed by atoms with Crippen molar-refractivity contribution in [1.82, 2.24) is 14.7 Å². The summed E-state index contributed by atoms with van der Waals surface area (Å²) >= 11 is 1.60. The van der Waals surface area contributed by atoms with Crippen molar-refractivity contribution in [2.75, 3.05) is 18.0 Å². The third-order valence-electron chi connectivity index (χ3n) is 4.46. The zero-order valence-electron chi connectivity index (χ0n) is 13.0. The van der Waals surface area contributed by atoms with Crippen molar-refractivity contribution in [3.8, 4) is 0 Å². The van der Waals surface area contributed by atoms with E-state index in [2.05, 4.69) is 19.6 Å². The summed E-state index contributed by atoms with van der Waals surface area (Å²) in [5, 5.41) is 2.69. The average molecular weight is 352 g/mol. The van der Waals surface area contributed by atoms with Crippen molar-refractivity contribution in [2.45, 2.75) is 43.9 Å². The standard InChI is InChI=1S/C15H20N4O2S2/c1-2-13-16-14(12-6-8-22-15(12)17-13)19-7-5-11(9-19)23(20,21)18-10-3-4-10/h6,8,10-11,18H,2-5,7,9H2,1H3. The molecule has 0 spiro atoms. The Labute approximate surface area is 140 Å². The Hall–Kier alpha value is -1.25. The van der Waals surface area contributed by atoms with Gasteiger partial charge in [0.1, 0.15) is 16.5 Å². The smallest absolute Gasteiger partial charge is 0.216 e. The van der Waals surface area contributed by atoms with Crippen molar-refractivity contribution in [2.24, 2.45) is 0 Å². The van der Waals surface area contributed by atoms with Crippen LogP contribution in [0.25, 0.3) is 10.2 Å². The summed E-state index contributed by atoms with van der Waals surface area (Å²) in [4.78, 5) is 12.3. The van der Waals surface area contributed by atoms with Gasteiger partial charge < -0.3 is 4.90 Å². The molecule has 1 unspecified atom stereocenters. The van der Waals surface area contributed by atoms with E-state index < -0.39 is 10.0 Å². The summed E-state index contributed by atoms with van der Waals surface area (Å²) in [6.07, 6.45) is 3.37. The first-order valence-corrected chi connectivity index (χ1v) is 10.5. The second-order valence-electron chi connectivity index (χ2n) is 6.25. The summed E-state index contributed by atoms with van der Waals surface area (Å²) in [6, 6.07) is 2.20. The van der Waals surface area contributed by atoms with Crippen molar-refractivity contribution < 1.29 is 8.42 Å². The quantitative estimate of drug-likeness (QED) is 0.890. The van der Waals surface area contributed by atoms with E-state index in [9.17, 15) is 8.42 Å². The van der Waals surface area contributed by atoms with Crippen LogP contribution in [0.5, 0.6) is 0 Å². The Morgan fingerprint density at radius 1 is 1.35 bits per heavy atom. The molecular formula is C15H20N4O2S2. The van der Waals surface area contributed by atoms with Crippen molar-refractivity contribution in [1.29, 1.82) is 0 Å². The molecule has 0 bridgehead atoms. The maximum absolute atomic E-state index is 12.4. The normalized spacial score (nSPS) is 22.1. The predicted octanol–water partition coefficient (Wildman–Crippen LogP) is 1.91. The summed E-state index contributed by atoms with van der Waals surface area (Å²) in [5.74, 6) is 1.70. The number of aromatic nitrogens is 2. The van der Waals surface area contributed by atoms with Gasteiger partial charge in [0.15, 0.2) is 0 Å². The topological polar surface area (TPSA) is 75.2 Å². The number of aryl methyl sites for hydroxylation is 1. The maximum Gasteiger partial charge on any atom is 0.216 e. The van der Waals surface area contributed by atoms with Crippen LogP contribution in [0.4, 0.5) is 5.82 Å². The van der Waals surface area contributed by atoms with Crippen LogP contribution in [0.15, 0.2) is 11.4 Å². The van der Waals surface area contributed by atoms with Gasteiger partial charge in [0.2, 0.25) is 10.0 Å². The molecule has 4 rings (SSSR count). The second kappa shape index (κ2) is 5.68. The van der Waals surface area contributed by atoms with Gasteiger partial charge in [-0.1, -0.05) is 6.92 Å². The van der Waals surface area contributed by atoms with Crippen LogP contribution in [0.1, 0.15) is 32.0 Å². The van der Waals surface area contributed by atoms with Crippen LogP contribution in [-0.2, 0) is 16.4 Å². The van der Waals surface area contributed by atoms with E-state index in [0.29, 0.717) is 13.0 Å². The minimum atomic E-state index is -3.23. The Bertz CT molecular complexity index is 829. The SMILES string of the molecule is CCc1nc(N2CCC(S(=O)(=O)NC3CC3)C2)c2ccsc2n1. The molecule has 3 heterocycles. The molecule has 2 aromatic heterocycles. The van der Waals surface area contributed by atoms with Crippen molar-refractivity contribution >= 4 is 37.4 Å². The Morgan fingerprint density at radius 3 is 2.91 bits per heavy atom. The fraction of sp³-hybridized carbons (Fsp3) is 0.600. The summed E-state index contributed by atoms with van der Waals surface area (Å²) in [5.41, 5.74) is 0. The molecular weight excluding hydrogens is 332 g/mol. The van der Waals surface area contributed by atoms with Crippen LogP contribution in [-0.4, -0.2) is 42.8 Å². The molecule has 2 fully saturated rings. The molecule has 6 nitrogen and oxygen atoms in total. The summed E-state index contributed by atoms with van der Waals surface area (Å²) in [6.45, 7) is 3.27. The number of rotatable bonds is 5. The zero-order chi connectivity index (χ0) is 16.0. The molecule has 1 atom stereocenters. The Morgan fingerprint density at radius 2 is 2.17 bits per heavy atom. The van der Waals surface area contributed by atoms with Crippen molar-refractivity contribution in [3.05, 3.63) is 17.3 Å². The summed E-state index contributed by atoms with van der Waals surface area (Å²) in [7, 11) is -3.23. The monoisotopic (exact) mass is 352 g/mol. The number of nitrogens with zero attached hydrogens (tertiary/aromatic N) is 3. The van der Waals surface area contributed by atoms with E-state index in [1.165, 1.54) is 0 Å². The third-order valence-corrected chi connectivity index (χ3v) is 7.19. The lowest BCUT2D eigenvalue weighted by atomic mass is 10.3. The van der Waals surface area contributed by atoms with Gasteiger partial charge in [-0.15, -0.1) is 11.3 Å². The fourth-order valence-electron chi connectivity index (χ4n) is 2.99. The van der Waals surface area contributed by atoms with Crippen molar-refractivity contribution in [3.63, 3.8) is 0 Å². The van der Waals surface area contributed by atoms with Gasteiger partial charge in [-0.3, -0.25) is 0 Å². The molecule has 8 heteroatoms. The highest BCUT2D eigenvalue weighted by atomic mass is 32.2. The van der Waals surface area contributed by atoms with E-state index in [1.807, 2.05) is 18.4 Å². The number of anilines is 1. The van der Waals surface area contributed by atoms with E-state index >= 15 is 0 Å².